The van der Waals surface area contributed by atoms with Crippen molar-refractivity contribution in [1.82, 2.24) is 9.55 Å². The number of H-pyrrole nitrogens is 1. The molecule has 0 unspecified atom stereocenters. The highest BCUT2D eigenvalue weighted by atomic mass is 32.1. The Morgan fingerprint density at radius 2 is 1.75 bits per heavy atom. The summed E-state index contributed by atoms with van der Waals surface area (Å²) in [5.41, 5.74) is 1.73. The van der Waals surface area contributed by atoms with E-state index in [1.54, 1.807) is 66.9 Å². The Morgan fingerprint density at radius 1 is 1.03 bits per heavy atom. The quantitative estimate of drug-likeness (QED) is 0.440. The third-order valence-electron chi connectivity index (χ3n) is 4.75. The van der Waals surface area contributed by atoms with Crippen molar-refractivity contribution in [1.29, 1.82) is 0 Å². The molecule has 0 aliphatic heterocycles. The van der Waals surface area contributed by atoms with Crippen LogP contribution >= 0.6 is 11.3 Å². The lowest BCUT2D eigenvalue weighted by atomic mass is 10.1. The normalized spacial score (nSPS) is 10.8. The van der Waals surface area contributed by atoms with E-state index in [0.717, 1.165) is 10.1 Å². The van der Waals surface area contributed by atoms with Crippen molar-refractivity contribution < 1.29 is 14.3 Å². The molecule has 2 heterocycles. The lowest BCUT2D eigenvalue weighted by Crippen LogP contribution is -2.32. The van der Waals surface area contributed by atoms with Crippen molar-refractivity contribution in [2.45, 2.75) is 13.3 Å². The van der Waals surface area contributed by atoms with E-state index in [2.05, 4.69) is 10.3 Å². The maximum atomic E-state index is 12.6. The van der Waals surface area contributed by atoms with Crippen LogP contribution in [0, 0.1) is 0 Å². The number of carbonyl (C=O) groups excluding carboxylic acids is 2. The van der Waals surface area contributed by atoms with Crippen LogP contribution in [0.25, 0.3) is 15.9 Å². The summed E-state index contributed by atoms with van der Waals surface area (Å²) in [6, 6.07) is 14.8. The number of amides is 1. The molecule has 0 atom stereocenters. The zero-order valence-electron chi connectivity index (χ0n) is 17.1. The SMILES string of the molecule is CCOC(=O)c1ccc(NC(=O)Cc2ccc(-n3c(=O)[nH]c4ccsc4c3=O)cc2)cc1. The van der Waals surface area contributed by atoms with Crippen LogP contribution in [-0.2, 0) is 16.0 Å². The standard InChI is InChI=1S/C23H19N3O5S/c1-2-31-22(29)15-5-7-16(8-6-15)24-19(27)13-14-3-9-17(10-4-14)26-21(28)20-18(11-12-32-20)25-23(26)30/h3-12H,2,13H2,1H3,(H,24,27)(H,25,30). The molecular weight excluding hydrogens is 430 g/mol. The van der Waals surface area contributed by atoms with Crippen molar-refractivity contribution >= 4 is 39.1 Å². The number of esters is 1. The molecule has 8 nitrogen and oxygen atoms in total. The molecule has 0 saturated heterocycles. The van der Waals surface area contributed by atoms with Gasteiger partial charge in [0.15, 0.2) is 0 Å². The van der Waals surface area contributed by atoms with Gasteiger partial charge < -0.3 is 15.0 Å². The lowest BCUT2D eigenvalue weighted by molar-refractivity contribution is -0.115. The Hall–Kier alpha value is -3.98. The first-order valence-electron chi connectivity index (χ1n) is 9.85. The number of aromatic nitrogens is 2. The smallest absolute Gasteiger partial charge is 0.338 e. The number of hydrogen-bond donors (Lipinski definition) is 2. The molecule has 2 N–H and O–H groups in total. The first-order chi connectivity index (χ1) is 15.5. The van der Waals surface area contributed by atoms with E-state index in [1.807, 2.05) is 0 Å². The number of nitrogens with one attached hydrogen (secondary N) is 2. The number of thiophene rings is 1. The summed E-state index contributed by atoms with van der Waals surface area (Å²) in [7, 11) is 0. The molecule has 9 heteroatoms. The number of benzene rings is 2. The van der Waals surface area contributed by atoms with Gasteiger partial charge in [-0.3, -0.25) is 9.59 Å². The second-order valence-electron chi connectivity index (χ2n) is 6.92. The number of carbonyl (C=O) groups is 2. The van der Waals surface area contributed by atoms with Gasteiger partial charge in [-0.15, -0.1) is 11.3 Å². The number of anilines is 1. The van der Waals surface area contributed by atoms with Gasteiger partial charge in [-0.05, 0) is 60.3 Å². The Balaban J connectivity index is 1.45. The molecule has 1 amide bonds. The predicted molar refractivity (Wildman–Crippen MR) is 123 cm³/mol. The average Bonchev–Trinajstić information content (AvgIpc) is 3.24. The molecule has 0 saturated carbocycles. The Kier molecular flexibility index (Phi) is 6.00. The summed E-state index contributed by atoms with van der Waals surface area (Å²) < 4.78 is 6.48. The first-order valence-corrected chi connectivity index (χ1v) is 10.7. The molecule has 0 bridgehead atoms. The van der Waals surface area contributed by atoms with Crippen LogP contribution in [0.4, 0.5) is 5.69 Å². The number of nitrogens with zero attached hydrogens (tertiary/aromatic N) is 1. The number of ether oxygens (including phenoxy) is 1. The number of rotatable bonds is 6. The third-order valence-corrected chi connectivity index (χ3v) is 5.65. The second kappa shape index (κ2) is 9.03. The molecule has 0 aliphatic rings. The Morgan fingerprint density at radius 3 is 2.44 bits per heavy atom. The zero-order chi connectivity index (χ0) is 22.7. The summed E-state index contributed by atoms with van der Waals surface area (Å²) >= 11 is 1.27. The maximum absolute atomic E-state index is 12.6. The van der Waals surface area contributed by atoms with Gasteiger partial charge in [0.1, 0.15) is 4.70 Å². The van der Waals surface area contributed by atoms with Crippen molar-refractivity contribution in [3.05, 3.63) is 91.9 Å². The van der Waals surface area contributed by atoms with Crippen LogP contribution in [-0.4, -0.2) is 28.0 Å². The second-order valence-corrected chi connectivity index (χ2v) is 7.84. The van der Waals surface area contributed by atoms with Gasteiger partial charge >= 0.3 is 11.7 Å². The highest BCUT2D eigenvalue weighted by Gasteiger charge is 2.12. The minimum absolute atomic E-state index is 0.106. The molecule has 32 heavy (non-hydrogen) atoms. The highest BCUT2D eigenvalue weighted by Crippen LogP contribution is 2.15. The largest absolute Gasteiger partial charge is 0.462 e. The van der Waals surface area contributed by atoms with E-state index >= 15 is 0 Å². The van der Waals surface area contributed by atoms with E-state index in [9.17, 15) is 19.2 Å². The Labute approximate surface area is 186 Å². The molecule has 4 rings (SSSR count). The molecule has 0 spiro atoms. The molecule has 2 aromatic carbocycles. The fourth-order valence-electron chi connectivity index (χ4n) is 3.23. The van der Waals surface area contributed by atoms with Crippen LogP contribution in [0.2, 0.25) is 0 Å². The van der Waals surface area contributed by atoms with E-state index in [4.69, 9.17) is 4.74 Å². The summed E-state index contributed by atoms with van der Waals surface area (Å²) in [6.07, 6.45) is 0.106. The van der Waals surface area contributed by atoms with Gasteiger partial charge in [0.25, 0.3) is 5.56 Å². The van der Waals surface area contributed by atoms with Gasteiger partial charge in [0.05, 0.1) is 29.8 Å². The summed E-state index contributed by atoms with van der Waals surface area (Å²) in [5, 5.41) is 4.52. The van der Waals surface area contributed by atoms with Crippen molar-refractivity contribution in [2.24, 2.45) is 0 Å². The van der Waals surface area contributed by atoms with Gasteiger partial charge in [0, 0.05) is 5.69 Å². The molecular formula is C23H19N3O5S. The number of hydrogen-bond acceptors (Lipinski definition) is 6. The highest BCUT2D eigenvalue weighted by molar-refractivity contribution is 7.17. The summed E-state index contributed by atoms with van der Waals surface area (Å²) in [5.74, 6) is -0.654. The monoisotopic (exact) mass is 449 g/mol. The van der Waals surface area contributed by atoms with Gasteiger partial charge in [-0.1, -0.05) is 12.1 Å². The van der Waals surface area contributed by atoms with Gasteiger partial charge in [0.2, 0.25) is 5.91 Å². The van der Waals surface area contributed by atoms with E-state index < -0.39 is 11.7 Å². The van der Waals surface area contributed by atoms with E-state index in [1.165, 1.54) is 11.3 Å². The van der Waals surface area contributed by atoms with Crippen molar-refractivity contribution in [2.75, 3.05) is 11.9 Å². The van der Waals surface area contributed by atoms with Gasteiger partial charge in [-0.2, -0.15) is 0 Å². The van der Waals surface area contributed by atoms with Crippen LogP contribution in [0.15, 0.2) is 69.6 Å². The predicted octanol–water partition coefficient (Wildman–Crippen LogP) is 3.10. The minimum atomic E-state index is -0.516. The van der Waals surface area contributed by atoms with Crippen molar-refractivity contribution in [3.8, 4) is 5.69 Å². The molecule has 0 aliphatic carbocycles. The zero-order valence-corrected chi connectivity index (χ0v) is 17.9. The molecule has 4 aromatic rings. The number of fused-ring (bicyclic) bond motifs is 1. The van der Waals surface area contributed by atoms with Crippen LogP contribution in [0.5, 0.6) is 0 Å². The topological polar surface area (TPSA) is 110 Å². The minimum Gasteiger partial charge on any atom is -0.462 e. The maximum Gasteiger partial charge on any atom is 0.338 e. The fraction of sp³-hybridized carbons (Fsp3) is 0.130. The molecule has 162 valence electrons. The van der Waals surface area contributed by atoms with Crippen LogP contribution in [0.1, 0.15) is 22.8 Å². The average molecular weight is 449 g/mol. The van der Waals surface area contributed by atoms with Crippen LogP contribution in [0.3, 0.4) is 0 Å². The molecule has 0 radical (unpaired) electrons. The third kappa shape index (κ3) is 4.37. The number of aromatic amines is 1. The van der Waals surface area contributed by atoms with E-state index in [-0.39, 0.29) is 17.9 Å². The first kappa shape index (κ1) is 21.3. The fourth-order valence-corrected chi connectivity index (χ4v) is 4.01. The van der Waals surface area contributed by atoms with E-state index in [0.29, 0.717) is 33.8 Å². The van der Waals surface area contributed by atoms with Crippen molar-refractivity contribution in [3.63, 3.8) is 0 Å². The molecule has 0 fully saturated rings. The summed E-state index contributed by atoms with van der Waals surface area (Å²) in [4.78, 5) is 51.7. The lowest BCUT2D eigenvalue weighted by Gasteiger charge is -2.08. The van der Waals surface area contributed by atoms with Crippen LogP contribution < -0.4 is 16.6 Å². The Bertz CT molecular complexity index is 1400. The van der Waals surface area contributed by atoms with Gasteiger partial charge in [-0.25, -0.2) is 14.2 Å². The molecule has 2 aromatic heterocycles. The summed E-state index contributed by atoms with van der Waals surface area (Å²) in [6.45, 7) is 2.03.